The van der Waals surface area contributed by atoms with E-state index in [2.05, 4.69) is 0 Å². The summed E-state index contributed by atoms with van der Waals surface area (Å²) < 4.78 is 11.1. The first-order valence-electron chi connectivity index (χ1n) is 10.1. The molecule has 29 heavy (non-hydrogen) atoms. The van der Waals surface area contributed by atoms with Crippen molar-refractivity contribution < 1.29 is 23.9 Å². The van der Waals surface area contributed by atoms with Gasteiger partial charge in [0.25, 0.3) is 0 Å². The van der Waals surface area contributed by atoms with Crippen LogP contribution in [0.15, 0.2) is 24.3 Å². The van der Waals surface area contributed by atoms with Gasteiger partial charge in [0.1, 0.15) is 12.3 Å². The molecule has 8 heteroatoms. The van der Waals surface area contributed by atoms with Crippen LogP contribution >= 0.6 is 0 Å². The molecule has 1 unspecified atom stereocenters. The summed E-state index contributed by atoms with van der Waals surface area (Å²) in [5.74, 6) is 0.517. The van der Waals surface area contributed by atoms with Crippen LogP contribution in [0.3, 0.4) is 0 Å². The van der Waals surface area contributed by atoms with Gasteiger partial charge in [-0.3, -0.25) is 14.5 Å². The first kappa shape index (κ1) is 21.1. The standard InChI is InChI=1S/C21H29N3O5/c1-22-15-20(26)24(21(22)27)11-5-10-19(25)23(14-17-8-6-12-29-17)13-16-7-3-4-9-18(16)28-2/h3-4,7,9,17H,5-6,8,10-15H2,1-2H3. The predicted molar refractivity (Wildman–Crippen MR) is 106 cm³/mol. The van der Waals surface area contributed by atoms with Gasteiger partial charge in [-0.05, 0) is 25.3 Å². The highest BCUT2D eigenvalue weighted by molar-refractivity contribution is 6.01. The highest BCUT2D eigenvalue weighted by Crippen LogP contribution is 2.22. The molecule has 4 amide bonds. The third-order valence-corrected chi connectivity index (χ3v) is 5.36. The molecule has 0 spiro atoms. The molecule has 2 heterocycles. The lowest BCUT2D eigenvalue weighted by Gasteiger charge is -2.26. The van der Waals surface area contributed by atoms with Crippen molar-refractivity contribution in [3.63, 3.8) is 0 Å². The van der Waals surface area contributed by atoms with Crippen molar-refractivity contribution in [2.45, 2.75) is 38.3 Å². The smallest absolute Gasteiger partial charge is 0.326 e. The summed E-state index contributed by atoms with van der Waals surface area (Å²) in [5.41, 5.74) is 0.938. The largest absolute Gasteiger partial charge is 0.496 e. The Labute approximate surface area is 171 Å². The Balaban J connectivity index is 1.61. The fourth-order valence-electron chi connectivity index (χ4n) is 3.76. The average molecular weight is 403 g/mol. The third kappa shape index (κ3) is 5.26. The van der Waals surface area contributed by atoms with Gasteiger partial charge >= 0.3 is 6.03 Å². The number of ether oxygens (including phenoxy) is 2. The quantitative estimate of drug-likeness (QED) is 0.588. The lowest BCUT2D eigenvalue weighted by Crippen LogP contribution is -2.38. The lowest BCUT2D eigenvalue weighted by molar-refractivity contribution is -0.134. The van der Waals surface area contributed by atoms with E-state index in [9.17, 15) is 14.4 Å². The molecule has 0 saturated carbocycles. The SMILES string of the molecule is COc1ccccc1CN(CC1CCCO1)C(=O)CCCN1C(=O)CN(C)C1=O. The molecule has 0 bridgehead atoms. The van der Waals surface area contributed by atoms with Crippen molar-refractivity contribution in [1.29, 1.82) is 0 Å². The second kappa shape index (κ2) is 9.73. The van der Waals surface area contributed by atoms with Gasteiger partial charge in [0, 0.05) is 45.3 Å². The van der Waals surface area contributed by atoms with E-state index >= 15 is 0 Å². The number of hydrogen-bond donors (Lipinski definition) is 0. The van der Waals surface area contributed by atoms with Crippen LogP contribution in [-0.2, 0) is 20.9 Å². The minimum absolute atomic E-state index is 0.0149. The number of imide groups is 1. The number of nitrogens with zero attached hydrogens (tertiary/aromatic N) is 3. The minimum Gasteiger partial charge on any atom is -0.496 e. The Bertz CT molecular complexity index is 748. The minimum atomic E-state index is -0.298. The Kier molecular flexibility index (Phi) is 7.09. The van der Waals surface area contributed by atoms with E-state index < -0.39 is 0 Å². The van der Waals surface area contributed by atoms with E-state index in [1.807, 2.05) is 24.3 Å². The topological polar surface area (TPSA) is 79.4 Å². The number of carbonyl (C=O) groups excluding carboxylic acids is 3. The van der Waals surface area contributed by atoms with Gasteiger partial charge in [0.15, 0.2) is 0 Å². The maximum atomic E-state index is 13.0. The normalized spacial score (nSPS) is 19.2. The summed E-state index contributed by atoms with van der Waals surface area (Å²) in [4.78, 5) is 41.2. The van der Waals surface area contributed by atoms with Gasteiger partial charge in [-0.2, -0.15) is 0 Å². The summed E-state index contributed by atoms with van der Waals surface area (Å²) in [5, 5.41) is 0. The summed E-state index contributed by atoms with van der Waals surface area (Å²) >= 11 is 0. The molecule has 2 saturated heterocycles. The fourth-order valence-corrected chi connectivity index (χ4v) is 3.76. The van der Waals surface area contributed by atoms with Crippen molar-refractivity contribution in [1.82, 2.24) is 14.7 Å². The lowest BCUT2D eigenvalue weighted by atomic mass is 10.1. The van der Waals surface area contributed by atoms with Crippen molar-refractivity contribution >= 4 is 17.8 Å². The highest BCUT2D eigenvalue weighted by Gasteiger charge is 2.33. The Hall–Kier alpha value is -2.61. The molecule has 2 aliphatic heterocycles. The Morgan fingerprint density at radius 2 is 2.10 bits per heavy atom. The number of benzene rings is 1. The number of rotatable bonds is 9. The first-order chi connectivity index (χ1) is 14.0. The van der Waals surface area contributed by atoms with Crippen LogP contribution in [0.2, 0.25) is 0 Å². The van der Waals surface area contributed by atoms with E-state index in [0.29, 0.717) is 19.5 Å². The van der Waals surface area contributed by atoms with Crippen LogP contribution in [0.4, 0.5) is 4.79 Å². The number of amides is 4. The average Bonchev–Trinajstić information content (AvgIpc) is 3.31. The van der Waals surface area contributed by atoms with Gasteiger partial charge in [-0.1, -0.05) is 18.2 Å². The van der Waals surface area contributed by atoms with Crippen LogP contribution in [0.5, 0.6) is 5.75 Å². The van der Waals surface area contributed by atoms with Gasteiger partial charge in [-0.15, -0.1) is 0 Å². The van der Waals surface area contributed by atoms with Gasteiger partial charge in [0.2, 0.25) is 11.8 Å². The first-order valence-corrected chi connectivity index (χ1v) is 10.1. The van der Waals surface area contributed by atoms with E-state index in [4.69, 9.17) is 9.47 Å². The number of carbonyl (C=O) groups is 3. The zero-order chi connectivity index (χ0) is 20.8. The second-order valence-electron chi connectivity index (χ2n) is 7.51. The molecule has 1 aromatic rings. The number of urea groups is 1. The monoisotopic (exact) mass is 403 g/mol. The molecule has 0 radical (unpaired) electrons. The molecule has 2 fully saturated rings. The Morgan fingerprint density at radius 3 is 2.76 bits per heavy atom. The molecule has 0 aromatic heterocycles. The number of methoxy groups -OCH3 is 1. The van der Waals surface area contributed by atoms with Crippen LogP contribution < -0.4 is 4.74 Å². The zero-order valence-corrected chi connectivity index (χ0v) is 17.1. The van der Waals surface area contributed by atoms with Crippen molar-refractivity contribution in [2.24, 2.45) is 0 Å². The molecule has 1 atom stereocenters. The summed E-state index contributed by atoms with van der Waals surface area (Å²) in [6, 6.07) is 7.35. The summed E-state index contributed by atoms with van der Waals surface area (Å²) in [7, 11) is 3.22. The molecule has 1 aromatic carbocycles. The predicted octanol–water partition coefficient (Wildman–Crippen LogP) is 1.88. The maximum Gasteiger partial charge on any atom is 0.326 e. The molecule has 0 N–H and O–H groups in total. The van der Waals surface area contributed by atoms with Crippen molar-refractivity contribution in [3.8, 4) is 5.75 Å². The van der Waals surface area contributed by atoms with E-state index in [0.717, 1.165) is 30.8 Å². The molecule has 158 valence electrons. The second-order valence-corrected chi connectivity index (χ2v) is 7.51. The Morgan fingerprint density at radius 1 is 1.31 bits per heavy atom. The van der Waals surface area contributed by atoms with Gasteiger partial charge < -0.3 is 19.3 Å². The molecule has 8 nitrogen and oxygen atoms in total. The van der Waals surface area contributed by atoms with Crippen LogP contribution in [0, 0.1) is 0 Å². The maximum absolute atomic E-state index is 13.0. The molecule has 0 aliphatic carbocycles. The number of likely N-dealkylation sites (N-methyl/N-ethyl adjacent to an activating group) is 1. The number of para-hydroxylation sites is 1. The molecule has 3 rings (SSSR count). The van der Waals surface area contributed by atoms with Gasteiger partial charge in [0.05, 0.1) is 13.2 Å². The zero-order valence-electron chi connectivity index (χ0n) is 17.1. The summed E-state index contributed by atoms with van der Waals surface area (Å²) in [6.45, 7) is 2.06. The van der Waals surface area contributed by atoms with Crippen molar-refractivity contribution in [2.75, 3.05) is 40.4 Å². The van der Waals surface area contributed by atoms with Crippen LogP contribution in [0.1, 0.15) is 31.2 Å². The highest BCUT2D eigenvalue weighted by atomic mass is 16.5. The van der Waals surface area contributed by atoms with Crippen LogP contribution in [0.25, 0.3) is 0 Å². The molecular formula is C21H29N3O5. The van der Waals surface area contributed by atoms with Crippen LogP contribution in [-0.4, -0.2) is 79.0 Å². The van der Waals surface area contributed by atoms with E-state index in [1.165, 1.54) is 9.80 Å². The van der Waals surface area contributed by atoms with E-state index in [1.54, 1.807) is 19.1 Å². The summed E-state index contributed by atoms with van der Waals surface area (Å²) in [6.07, 6.45) is 2.71. The molecule has 2 aliphatic rings. The third-order valence-electron chi connectivity index (χ3n) is 5.36. The molecular weight excluding hydrogens is 374 g/mol. The van der Waals surface area contributed by atoms with Gasteiger partial charge in [-0.25, -0.2) is 4.79 Å². The number of hydrogen-bond acceptors (Lipinski definition) is 5. The fraction of sp³-hybridized carbons (Fsp3) is 0.571. The van der Waals surface area contributed by atoms with E-state index in [-0.39, 0.29) is 43.5 Å². The van der Waals surface area contributed by atoms with Crippen molar-refractivity contribution in [3.05, 3.63) is 29.8 Å².